The van der Waals surface area contributed by atoms with E-state index in [-0.39, 0.29) is 17.4 Å². The molecule has 0 heterocycles. The van der Waals surface area contributed by atoms with E-state index in [2.05, 4.69) is 13.2 Å². The van der Waals surface area contributed by atoms with Gasteiger partial charge in [-0.15, -0.1) is 0 Å². The Morgan fingerprint density at radius 1 is 1.56 bits per heavy atom. The first-order valence-corrected chi connectivity index (χ1v) is 7.13. The van der Waals surface area contributed by atoms with Crippen LogP contribution in [0.2, 0.25) is 0 Å². The highest BCUT2D eigenvalue weighted by molar-refractivity contribution is 7.98. The highest BCUT2D eigenvalue weighted by atomic mass is 32.2. The molecule has 1 rings (SSSR count). The number of nitrogens with zero attached hydrogens (tertiary/aromatic N) is 2. The minimum Gasteiger partial charge on any atom is -0.393 e. The summed E-state index contributed by atoms with van der Waals surface area (Å²) in [5.74, 6) is 1.03. The lowest BCUT2D eigenvalue weighted by atomic mass is 10.1. The fourth-order valence-corrected chi connectivity index (χ4v) is 2.33. The third kappa shape index (κ3) is 3.29. The molecule has 0 amide bonds. The largest absolute Gasteiger partial charge is 0.393 e. The van der Waals surface area contributed by atoms with Crippen molar-refractivity contribution in [3.05, 3.63) is 28.3 Å². The number of anilines is 2. The summed E-state index contributed by atoms with van der Waals surface area (Å²) in [5.41, 5.74) is 6.47. The smallest absolute Gasteiger partial charge is 0.315 e. The second-order valence-electron chi connectivity index (χ2n) is 4.21. The highest BCUT2D eigenvalue weighted by Gasteiger charge is 2.22. The van der Waals surface area contributed by atoms with Gasteiger partial charge in [0.15, 0.2) is 0 Å². The fraction of sp³-hybridized carbons (Fsp3) is 0.500. The third-order valence-corrected chi connectivity index (χ3v) is 3.65. The molecule has 100 valence electrons. The molecule has 1 aromatic carbocycles. The summed E-state index contributed by atoms with van der Waals surface area (Å²) in [6.07, 6.45) is 3.03. The van der Waals surface area contributed by atoms with E-state index in [0.29, 0.717) is 5.69 Å². The first-order valence-electron chi connectivity index (χ1n) is 5.73. The van der Waals surface area contributed by atoms with Crippen molar-refractivity contribution in [3.63, 3.8) is 0 Å². The summed E-state index contributed by atoms with van der Waals surface area (Å²) >= 11 is 1.77. The number of nitro groups is 1. The van der Waals surface area contributed by atoms with Crippen LogP contribution in [-0.2, 0) is 0 Å². The van der Waals surface area contributed by atoms with E-state index in [9.17, 15) is 10.1 Å². The average Bonchev–Trinajstić information content (AvgIpc) is 2.34. The molecule has 0 saturated carbocycles. The molecule has 0 spiro atoms. The topological polar surface area (TPSA) is 72.4 Å². The highest BCUT2D eigenvalue weighted by Crippen LogP contribution is 2.34. The summed E-state index contributed by atoms with van der Waals surface area (Å²) in [4.78, 5) is 12.6. The van der Waals surface area contributed by atoms with Gasteiger partial charge in [-0.25, -0.2) is 0 Å². The van der Waals surface area contributed by atoms with Gasteiger partial charge >= 0.3 is 5.69 Å². The van der Waals surface area contributed by atoms with Crippen LogP contribution in [-0.4, -0.2) is 30.0 Å². The number of rotatable bonds is 6. The molecule has 6 heteroatoms. The van der Waals surface area contributed by atoms with E-state index in [1.54, 1.807) is 30.0 Å². The van der Waals surface area contributed by atoms with Crippen molar-refractivity contribution in [3.8, 4) is 0 Å². The summed E-state index contributed by atoms with van der Waals surface area (Å²) < 4.78 is 0. The van der Waals surface area contributed by atoms with E-state index < -0.39 is 4.92 Å². The van der Waals surface area contributed by atoms with Gasteiger partial charge in [0.05, 0.1) is 4.92 Å². The number of para-hydroxylation sites is 1. The molecule has 2 N–H and O–H groups in total. The molecule has 0 radical (unpaired) electrons. The molecule has 0 aromatic heterocycles. The summed E-state index contributed by atoms with van der Waals surface area (Å²) in [7, 11) is 1.87. The van der Waals surface area contributed by atoms with Crippen LogP contribution in [0.1, 0.15) is 13.3 Å². The summed E-state index contributed by atoms with van der Waals surface area (Å²) in [6.45, 7) is 2.06. The van der Waals surface area contributed by atoms with Crippen molar-refractivity contribution in [2.75, 3.05) is 29.7 Å². The van der Waals surface area contributed by atoms with Gasteiger partial charge in [0.2, 0.25) is 0 Å². The first-order chi connectivity index (χ1) is 8.49. The van der Waals surface area contributed by atoms with Crippen molar-refractivity contribution in [1.29, 1.82) is 0 Å². The molecule has 1 aromatic rings. The second-order valence-corrected chi connectivity index (χ2v) is 5.20. The van der Waals surface area contributed by atoms with Gasteiger partial charge in [-0.3, -0.25) is 10.1 Å². The van der Waals surface area contributed by atoms with Gasteiger partial charge in [0, 0.05) is 13.1 Å². The number of nitrogen functional groups attached to an aromatic ring is 1. The number of hydrogen-bond donors (Lipinski definition) is 1. The molecule has 0 aliphatic heterocycles. The Bertz CT molecular complexity index is 426. The zero-order valence-electron chi connectivity index (χ0n) is 10.9. The van der Waals surface area contributed by atoms with Gasteiger partial charge in [0.25, 0.3) is 0 Å². The van der Waals surface area contributed by atoms with Crippen molar-refractivity contribution in [2.24, 2.45) is 0 Å². The summed E-state index contributed by atoms with van der Waals surface area (Å²) in [5, 5.41) is 11.1. The molecular weight excluding hydrogens is 250 g/mol. The number of nitro benzene ring substituents is 1. The standard InChI is InChI=1S/C12H19N3O2S/c1-9(7-8-18-3)14(2)11-6-4-5-10(13)12(11)15(16)17/h4-6,9H,7-8,13H2,1-3H3. The molecule has 1 unspecified atom stereocenters. The van der Waals surface area contributed by atoms with Crippen LogP contribution in [0, 0.1) is 10.1 Å². The Morgan fingerprint density at radius 3 is 2.78 bits per heavy atom. The molecule has 0 bridgehead atoms. The maximum atomic E-state index is 11.1. The normalized spacial score (nSPS) is 12.2. The molecule has 18 heavy (non-hydrogen) atoms. The second kappa shape index (κ2) is 6.49. The minimum atomic E-state index is -0.414. The lowest BCUT2D eigenvalue weighted by Gasteiger charge is -2.26. The van der Waals surface area contributed by atoms with E-state index in [1.165, 1.54) is 0 Å². The van der Waals surface area contributed by atoms with Crippen LogP contribution in [0.25, 0.3) is 0 Å². The van der Waals surface area contributed by atoms with Crippen LogP contribution in [0.5, 0.6) is 0 Å². The lowest BCUT2D eigenvalue weighted by molar-refractivity contribution is -0.383. The van der Waals surface area contributed by atoms with Crippen molar-refractivity contribution < 1.29 is 4.92 Å². The third-order valence-electron chi connectivity index (χ3n) is 3.01. The Balaban J connectivity index is 3.01. The Labute approximate surface area is 111 Å². The zero-order chi connectivity index (χ0) is 13.7. The number of thioether (sulfide) groups is 1. The Hall–Kier alpha value is -1.43. The molecule has 0 aliphatic rings. The summed E-state index contributed by atoms with van der Waals surface area (Å²) in [6, 6.07) is 5.28. The number of benzene rings is 1. The zero-order valence-corrected chi connectivity index (χ0v) is 11.7. The first kappa shape index (κ1) is 14.6. The van der Waals surface area contributed by atoms with E-state index >= 15 is 0 Å². The van der Waals surface area contributed by atoms with Crippen molar-refractivity contribution in [2.45, 2.75) is 19.4 Å². The Morgan fingerprint density at radius 2 is 2.22 bits per heavy atom. The Kier molecular flexibility index (Phi) is 5.27. The van der Waals surface area contributed by atoms with E-state index in [0.717, 1.165) is 12.2 Å². The fourth-order valence-electron chi connectivity index (χ4n) is 1.75. The SMILES string of the molecule is CSCCC(C)N(C)c1cccc(N)c1[N+](=O)[O-]. The molecule has 0 saturated heterocycles. The molecule has 0 aliphatic carbocycles. The van der Waals surface area contributed by atoms with Crippen LogP contribution in [0.15, 0.2) is 18.2 Å². The van der Waals surface area contributed by atoms with Gasteiger partial charge in [-0.2, -0.15) is 11.8 Å². The van der Waals surface area contributed by atoms with Crippen molar-refractivity contribution >= 4 is 28.8 Å². The van der Waals surface area contributed by atoms with Gasteiger partial charge < -0.3 is 10.6 Å². The lowest BCUT2D eigenvalue weighted by Crippen LogP contribution is -2.30. The molecule has 1 atom stereocenters. The number of nitrogens with two attached hydrogens (primary N) is 1. The van der Waals surface area contributed by atoms with Crippen LogP contribution < -0.4 is 10.6 Å². The maximum Gasteiger partial charge on any atom is 0.315 e. The monoisotopic (exact) mass is 269 g/mol. The average molecular weight is 269 g/mol. The van der Waals surface area contributed by atoms with E-state index in [4.69, 9.17) is 5.73 Å². The predicted molar refractivity (Wildman–Crippen MR) is 78.4 cm³/mol. The van der Waals surface area contributed by atoms with E-state index in [1.807, 2.05) is 11.9 Å². The molecule has 0 fully saturated rings. The predicted octanol–water partition coefficient (Wildman–Crippen LogP) is 2.75. The minimum absolute atomic E-state index is 0.00370. The maximum absolute atomic E-state index is 11.1. The van der Waals surface area contributed by atoms with Crippen molar-refractivity contribution in [1.82, 2.24) is 0 Å². The molecular formula is C12H19N3O2S. The van der Waals surface area contributed by atoms with Gasteiger partial charge in [-0.05, 0) is 37.5 Å². The number of hydrogen-bond acceptors (Lipinski definition) is 5. The van der Waals surface area contributed by atoms with Crippen LogP contribution in [0.3, 0.4) is 0 Å². The van der Waals surface area contributed by atoms with Crippen LogP contribution >= 0.6 is 11.8 Å². The quantitative estimate of drug-likeness (QED) is 0.488. The molecule has 5 nitrogen and oxygen atoms in total. The van der Waals surface area contributed by atoms with Gasteiger partial charge in [0.1, 0.15) is 11.4 Å². The van der Waals surface area contributed by atoms with Crippen LogP contribution in [0.4, 0.5) is 17.1 Å². The van der Waals surface area contributed by atoms with Gasteiger partial charge in [-0.1, -0.05) is 6.07 Å².